The zero-order valence-corrected chi connectivity index (χ0v) is 13.8. The second-order valence-electron chi connectivity index (χ2n) is 5.13. The highest BCUT2D eigenvalue weighted by molar-refractivity contribution is 7.99. The summed E-state index contributed by atoms with van der Waals surface area (Å²) in [7, 11) is 0. The first-order valence-corrected chi connectivity index (χ1v) is 7.88. The summed E-state index contributed by atoms with van der Waals surface area (Å²) in [4.78, 5) is 0. The zero-order chi connectivity index (χ0) is 15.1. The molecule has 0 radical (unpaired) electrons. The van der Waals surface area contributed by atoms with Crippen LogP contribution in [-0.2, 0) is 4.74 Å². The molecule has 0 heterocycles. The molecule has 20 heavy (non-hydrogen) atoms. The van der Waals surface area contributed by atoms with Crippen LogP contribution in [0.25, 0.3) is 5.76 Å². The zero-order valence-electron chi connectivity index (χ0n) is 13.0. The highest BCUT2D eigenvalue weighted by Crippen LogP contribution is 2.23. The lowest BCUT2D eigenvalue weighted by atomic mass is 10.1. The molecule has 0 saturated carbocycles. The van der Waals surface area contributed by atoms with Crippen molar-refractivity contribution in [1.82, 2.24) is 0 Å². The predicted molar refractivity (Wildman–Crippen MR) is 91.8 cm³/mol. The molecule has 1 rings (SSSR count). The summed E-state index contributed by atoms with van der Waals surface area (Å²) in [5, 5.41) is 0. The van der Waals surface area contributed by atoms with E-state index in [0.717, 1.165) is 22.8 Å². The maximum Gasteiger partial charge on any atom is 0.127 e. The van der Waals surface area contributed by atoms with Crippen molar-refractivity contribution in [3.05, 3.63) is 65.5 Å². The summed E-state index contributed by atoms with van der Waals surface area (Å²) >= 11 is 1.86. The van der Waals surface area contributed by atoms with Crippen LogP contribution in [0.2, 0.25) is 0 Å². The number of aryl methyl sites for hydroxylation is 1. The van der Waals surface area contributed by atoms with Crippen LogP contribution in [0.5, 0.6) is 0 Å². The highest BCUT2D eigenvalue weighted by atomic mass is 32.2. The van der Waals surface area contributed by atoms with E-state index in [4.69, 9.17) is 4.74 Å². The number of hydrogen-bond acceptors (Lipinski definition) is 2. The molecule has 0 unspecified atom stereocenters. The lowest BCUT2D eigenvalue weighted by molar-refractivity contribution is 0.380. The minimum atomic E-state index is 0.713. The van der Waals surface area contributed by atoms with E-state index in [1.807, 2.05) is 36.9 Å². The van der Waals surface area contributed by atoms with Crippen molar-refractivity contribution in [2.45, 2.75) is 27.7 Å². The lowest BCUT2D eigenvalue weighted by Gasteiger charge is -2.14. The maximum atomic E-state index is 5.89. The summed E-state index contributed by atoms with van der Waals surface area (Å²) in [6.07, 6.45) is 0. The standard InChI is InChI=1S/C18H24OS/c1-13(2)11-20-12-15(4)16(5)19-17(6)18-10-8-7-9-14(18)3/h7-10H,1,6,11-12H2,2-5H3/b16-15+. The lowest BCUT2D eigenvalue weighted by Crippen LogP contribution is -1.96. The number of allylic oxidation sites excluding steroid dienone is 1. The van der Waals surface area contributed by atoms with Crippen molar-refractivity contribution in [3.63, 3.8) is 0 Å². The number of hydrogen-bond donors (Lipinski definition) is 0. The van der Waals surface area contributed by atoms with Crippen molar-refractivity contribution in [2.75, 3.05) is 11.5 Å². The molecule has 0 bridgehead atoms. The van der Waals surface area contributed by atoms with Gasteiger partial charge in [-0.1, -0.05) is 43.0 Å². The van der Waals surface area contributed by atoms with E-state index >= 15 is 0 Å². The topological polar surface area (TPSA) is 9.23 Å². The van der Waals surface area contributed by atoms with Gasteiger partial charge in [-0.2, -0.15) is 11.8 Å². The summed E-state index contributed by atoms with van der Waals surface area (Å²) in [6, 6.07) is 8.13. The molecule has 108 valence electrons. The van der Waals surface area contributed by atoms with Crippen LogP contribution >= 0.6 is 11.8 Å². The van der Waals surface area contributed by atoms with Gasteiger partial charge in [0, 0.05) is 17.1 Å². The summed E-state index contributed by atoms with van der Waals surface area (Å²) in [5.74, 6) is 3.60. The third kappa shape index (κ3) is 5.30. The molecule has 0 amide bonds. The molecular formula is C18H24OS. The predicted octanol–water partition coefficient (Wildman–Crippen LogP) is 5.59. The molecule has 0 aliphatic rings. The Hall–Kier alpha value is -1.41. The van der Waals surface area contributed by atoms with Crippen LogP contribution in [-0.4, -0.2) is 11.5 Å². The largest absolute Gasteiger partial charge is 0.462 e. The Labute approximate surface area is 127 Å². The molecule has 0 saturated heterocycles. The van der Waals surface area contributed by atoms with Gasteiger partial charge in [-0.3, -0.25) is 0 Å². The van der Waals surface area contributed by atoms with Crippen molar-refractivity contribution in [2.24, 2.45) is 0 Å². The Morgan fingerprint density at radius 3 is 2.35 bits per heavy atom. The van der Waals surface area contributed by atoms with Gasteiger partial charge < -0.3 is 4.74 Å². The first kappa shape index (κ1) is 16.6. The van der Waals surface area contributed by atoms with Crippen LogP contribution in [0.3, 0.4) is 0 Å². The van der Waals surface area contributed by atoms with Crippen LogP contribution < -0.4 is 0 Å². The fourth-order valence-electron chi connectivity index (χ4n) is 1.69. The first-order valence-electron chi connectivity index (χ1n) is 6.73. The van der Waals surface area contributed by atoms with Gasteiger partial charge in [0.2, 0.25) is 0 Å². The SMILES string of the molecule is C=C(C)CSC/C(C)=C(\C)OC(=C)c1ccccc1C. The van der Waals surface area contributed by atoms with E-state index < -0.39 is 0 Å². The smallest absolute Gasteiger partial charge is 0.127 e. The molecule has 0 aromatic heterocycles. The van der Waals surface area contributed by atoms with Gasteiger partial charge in [0.15, 0.2) is 0 Å². The van der Waals surface area contributed by atoms with E-state index in [1.165, 1.54) is 16.7 Å². The number of thioether (sulfide) groups is 1. The fourth-order valence-corrected chi connectivity index (χ4v) is 2.65. The molecule has 0 fully saturated rings. The average molecular weight is 288 g/mol. The molecule has 1 aromatic carbocycles. The van der Waals surface area contributed by atoms with Crippen molar-refractivity contribution in [1.29, 1.82) is 0 Å². The van der Waals surface area contributed by atoms with Gasteiger partial charge >= 0.3 is 0 Å². The molecule has 0 N–H and O–H groups in total. The van der Waals surface area contributed by atoms with Gasteiger partial charge in [0.25, 0.3) is 0 Å². The Kier molecular flexibility index (Phi) is 6.66. The summed E-state index contributed by atoms with van der Waals surface area (Å²) in [6.45, 7) is 16.2. The third-order valence-corrected chi connectivity index (χ3v) is 4.32. The van der Waals surface area contributed by atoms with Gasteiger partial charge in [-0.05, 0) is 38.8 Å². The Morgan fingerprint density at radius 1 is 1.10 bits per heavy atom. The maximum absolute atomic E-state index is 5.89. The van der Waals surface area contributed by atoms with Gasteiger partial charge in [0.1, 0.15) is 11.5 Å². The van der Waals surface area contributed by atoms with Crippen LogP contribution in [0.15, 0.2) is 54.3 Å². The van der Waals surface area contributed by atoms with Gasteiger partial charge in [-0.15, -0.1) is 0 Å². The highest BCUT2D eigenvalue weighted by Gasteiger charge is 2.06. The number of ether oxygens (including phenoxy) is 1. The van der Waals surface area contributed by atoms with E-state index in [0.29, 0.717) is 5.76 Å². The molecule has 1 aromatic rings. The molecule has 0 atom stereocenters. The Bertz CT molecular complexity index is 526. The summed E-state index contributed by atoms with van der Waals surface area (Å²) in [5.41, 5.74) is 4.69. The molecule has 2 heteroatoms. The third-order valence-electron chi connectivity index (χ3n) is 2.99. The van der Waals surface area contributed by atoms with E-state index in [-0.39, 0.29) is 0 Å². The Balaban J connectivity index is 2.64. The second kappa shape index (κ2) is 8.01. The second-order valence-corrected chi connectivity index (χ2v) is 6.11. The van der Waals surface area contributed by atoms with Gasteiger partial charge in [-0.25, -0.2) is 0 Å². The van der Waals surface area contributed by atoms with Crippen LogP contribution in [0.1, 0.15) is 31.9 Å². The average Bonchev–Trinajstić information content (AvgIpc) is 2.38. The molecular weight excluding hydrogens is 264 g/mol. The molecule has 0 aliphatic carbocycles. The van der Waals surface area contributed by atoms with Crippen LogP contribution in [0, 0.1) is 6.92 Å². The molecule has 0 spiro atoms. The molecule has 0 aliphatic heterocycles. The monoisotopic (exact) mass is 288 g/mol. The molecule has 1 nitrogen and oxygen atoms in total. The minimum absolute atomic E-state index is 0.713. The van der Waals surface area contributed by atoms with Crippen molar-refractivity contribution >= 4 is 17.5 Å². The van der Waals surface area contributed by atoms with Crippen molar-refractivity contribution < 1.29 is 4.74 Å². The van der Waals surface area contributed by atoms with Crippen molar-refractivity contribution in [3.8, 4) is 0 Å². The number of rotatable bonds is 7. The van der Waals surface area contributed by atoms with Gasteiger partial charge in [0.05, 0.1) is 0 Å². The Morgan fingerprint density at radius 2 is 1.75 bits per heavy atom. The fraction of sp³-hybridized carbons (Fsp3) is 0.333. The van der Waals surface area contributed by atoms with Crippen LogP contribution in [0.4, 0.5) is 0 Å². The normalized spacial score (nSPS) is 11.8. The number of benzene rings is 1. The van der Waals surface area contributed by atoms with E-state index in [9.17, 15) is 0 Å². The van der Waals surface area contributed by atoms with E-state index in [1.54, 1.807) is 0 Å². The quantitative estimate of drug-likeness (QED) is 0.478. The minimum Gasteiger partial charge on any atom is -0.462 e. The van der Waals surface area contributed by atoms with E-state index in [2.05, 4.69) is 40.0 Å². The summed E-state index contributed by atoms with van der Waals surface area (Å²) < 4.78 is 5.89. The first-order chi connectivity index (χ1) is 9.41.